The first-order valence-corrected chi connectivity index (χ1v) is 10.2. The lowest BCUT2D eigenvalue weighted by Crippen LogP contribution is -2.43. The molecule has 2 aromatic rings. The Labute approximate surface area is 147 Å². The molecule has 132 valence electrons. The SMILES string of the molecule is Cc1cc(S(=O)(=O)N2CCOC[C@H]2c2c(C)nn(C)c2C)c(C)s1. The first kappa shape index (κ1) is 17.6. The molecule has 1 aliphatic rings. The van der Waals surface area contributed by atoms with E-state index >= 15 is 0 Å². The number of sulfonamides is 1. The molecule has 1 aliphatic heterocycles. The summed E-state index contributed by atoms with van der Waals surface area (Å²) in [5.41, 5.74) is 2.77. The minimum absolute atomic E-state index is 0.336. The van der Waals surface area contributed by atoms with Gasteiger partial charge in [0.1, 0.15) is 0 Å². The summed E-state index contributed by atoms with van der Waals surface area (Å²) in [6.45, 7) is 8.81. The van der Waals surface area contributed by atoms with Crippen LogP contribution in [-0.2, 0) is 21.8 Å². The number of nitrogens with zero attached hydrogens (tertiary/aromatic N) is 3. The van der Waals surface area contributed by atoms with Crippen molar-refractivity contribution in [2.24, 2.45) is 7.05 Å². The molecule has 24 heavy (non-hydrogen) atoms. The Morgan fingerprint density at radius 1 is 1.29 bits per heavy atom. The van der Waals surface area contributed by atoms with Crippen molar-refractivity contribution in [3.05, 3.63) is 32.8 Å². The van der Waals surface area contributed by atoms with Gasteiger partial charge in [-0.15, -0.1) is 11.3 Å². The summed E-state index contributed by atoms with van der Waals surface area (Å²) in [7, 11) is -1.69. The van der Waals surface area contributed by atoms with Crippen LogP contribution in [-0.4, -0.2) is 42.3 Å². The summed E-state index contributed by atoms with van der Waals surface area (Å²) in [5, 5.41) is 4.44. The van der Waals surface area contributed by atoms with Gasteiger partial charge in [-0.1, -0.05) is 0 Å². The van der Waals surface area contributed by atoms with E-state index in [1.807, 2.05) is 34.7 Å². The van der Waals surface area contributed by atoms with Crippen LogP contribution in [0.2, 0.25) is 0 Å². The van der Waals surface area contributed by atoms with Crippen molar-refractivity contribution >= 4 is 21.4 Å². The van der Waals surface area contributed by atoms with E-state index in [2.05, 4.69) is 5.10 Å². The maximum Gasteiger partial charge on any atom is 0.244 e. The molecule has 0 bridgehead atoms. The van der Waals surface area contributed by atoms with E-state index in [9.17, 15) is 8.42 Å². The van der Waals surface area contributed by atoms with Crippen LogP contribution in [0.1, 0.15) is 32.7 Å². The molecule has 2 aromatic heterocycles. The fourth-order valence-corrected chi connectivity index (χ4v) is 6.46. The number of ether oxygens (including phenoxy) is 1. The topological polar surface area (TPSA) is 64.4 Å². The third-order valence-corrected chi connectivity index (χ3v) is 7.69. The Morgan fingerprint density at radius 2 is 2.00 bits per heavy atom. The monoisotopic (exact) mass is 369 g/mol. The summed E-state index contributed by atoms with van der Waals surface area (Å²) in [6, 6.07) is 1.43. The average molecular weight is 370 g/mol. The first-order chi connectivity index (χ1) is 11.2. The molecule has 0 spiro atoms. The Balaban J connectivity index is 2.09. The molecule has 0 N–H and O–H groups in total. The number of hydrogen-bond acceptors (Lipinski definition) is 5. The van der Waals surface area contributed by atoms with Crippen molar-refractivity contribution in [1.82, 2.24) is 14.1 Å². The number of morpholine rings is 1. The molecule has 0 radical (unpaired) electrons. The Kier molecular flexibility index (Phi) is 4.59. The van der Waals surface area contributed by atoms with Crippen LogP contribution in [0.4, 0.5) is 0 Å². The molecule has 3 heterocycles. The quantitative estimate of drug-likeness (QED) is 0.834. The zero-order valence-corrected chi connectivity index (χ0v) is 16.3. The molecule has 8 heteroatoms. The van der Waals surface area contributed by atoms with Crippen molar-refractivity contribution in [2.45, 2.75) is 38.6 Å². The molecule has 3 rings (SSSR count). The number of thiophene rings is 1. The van der Waals surface area contributed by atoms with Gasteiger partial charge in [-0.3, -0.25) is 4.68 Å². The summed E-state index contributed by atoms with van der Waals surface area (Å²) < 4.78 is 35.6. The van der Waals surface area contributed by atoms with E-state index in [0.29, 0.717) is 24.7 Å². The molecule has 1 saturated heterocycles. The first-order valence-electron chi connectivity index (χ1n) is 7.90. The zero-order chi connectivity index (χ0) is 17.6. The van der Waals surface area contributed by atoms with Crippen LogP contribution in [0, 0.1) is 27.7 Å². The number of aromatic nitrogens is 2. The average Bonchev–Trinajstić information content (AvgIpc) is 2.98. The van der Waals surface area contributed by atoms with Crippen LogP contribution in [0.25, 0.3) is 0 Å². The van der Waals surface area contributed by atoms with Gasteiger partial charge < -0.3 is 4.74 Å². The fourth-order valence-electron chi connectivity index (χ4n) is 3.37. The normalized spacial score (nSPS) is 19.8. The van der Waals surface area contributed by atoms with Crippen LogP contribution in [0.15, 0.2) is 11.0 Å². The molecule has 0 aliphatic carbocycles. The highest BCUT2D eigenvalue weighted by Crippen LogP contribution is 2.36. The van der Waals surface area contributed by atoms with Crippen LogP contribution >= 0.6 is 11.3 Å². The van der Waals surface area contributed by atoms with Gasteiger partial charge >= 0.3 is 0 Å². The second-order valence-corrected chi connectivity index (χ2v) is 9.51. The lowest BCUT2D eigenvalue weighted by atomic mass is 10.0. The highest BCUT2D eigenvalue weighted by Gasteiger charge is 2.38. The highest BCUT2D eigenvalue weighted by molar-refractivity contribution is 7.89. The molecule has 0 aromatic carbocycles. The maximum absolute atomic E-state index is 13.3. The molecule has 0 unspecified atom stereocenters. The third kappa shape index (κ3) is 2.81. The third-order valence-electron chi connectivity index (χ3n) is 4.56. The standard InChI is InChI=1S/C16H23N3O3S2/c1-10-8-15(13(4)23-10)24(20,21)19-6-7-22-9-14(19)16-11(2)17-18(5)12(16)3/h8,14H,6-7,9H2,1-5H3/t14-/m0/s1. The second kappa shape index (κ2) is 6.25. The number of aryl methyl sites for hydroxylation is 4. The van der Waals surface area contributed by atoms with Crippen molar-refractivity contribution in [1.29, 1.82) is 0 Å². The fraction of sp³-hybridized carbons (Fsp3) is 0.562. The Hall–Kier alpha value is -1.22. The highest BCUT2D eigenvalue weighted by atomic mass is 32.2. The van der Waals surface area contributed by atoms with Gasteiger partial charge in [-0.2, -0.15) is 9.40 Å². The van der Waals surface area contributed by atoms with E-state index in [-0.39, 0.29) is 6.04 Å². The van der Waals surface area contributed by atoms with Crippen molar-refractivity contribution in [2.75, 3.05) is 19.8 Å². The predicted octanol–water partition coefficient (Wildman–Crippen LogP) is 2.48. The summed E-state index contributed by atoms with van der Waals surface area (Å²) in [5.74, 6) is 0. The Bertz CT molecular complexity index is 868. The second-order valence-electron chi connectivity index (χ2n) is 6.19. The van der Waals surface area contributed by atoms with Gasteiger partial charge in [-0.05, 0) is 33.8 Å². The summed E-state index contributed by atoms with van der Waals surface area (Å²) in [6.07, 6.45) is 0. The predicted molar refractivity (Wildman–Crippen MR) is 93.9 cm³/mol. The maximum atomic E-state index is 13.3. The van der Waals surface area contributed by atoms with Gasteiger partial charge in [-0.25, -0.2) is 8.42 Å². The van der Waals surface area contributed by atoms with E-state index in [1.165, 1.54) is 11.3 Å². The zero-order valence-electron chi connectivity index (χ0n) is 14.7. The van der Waals surface area contributed by atoms with E-state index in [4.69, 9.17) is 4.74 Å². The number of rotatable bonds is 3. The number of hydrogen-bond donors (Lipinski definition) is 0. The van der Waals surface area contributed by atoms with Gasteiger partial charge in [0, 0.05) is 34.6 Å². The largest absolute Gasteiger partial charge is 0.378 e. The summed E-state index contributed by atoms with van der Waals surface area (Å²) in [4.78, 5) is 2.25. The molecule has 0 saturated carbocycles. The van der Waals surface area contributed by atoms with Gasteiger partial charge in [0.15, 0.2) is 0 Å². The summed E-state index contributed by atoms with van der Waals surface area (Å²) >= 11 is 1.51. The van der Waals surface area contributed by atoms with Crippen LogP contribution in [0.3, 0.4) is 0 Å². The van der Waals surface area contributed by atoms with Crippen LogP contribution in [0.5, 0.6) is 0 Å². The minimum Gasteiger partial charge on any atom is -0.378 e. The van der Waals surface area contributed by atoms with E-state index < -0.39 is 10.0 Å². The van der Waals surface area contributed by atoms with Gasteiger partial charge in [0.25, 0.3) is 0 Å². The van der Waals surface area contributed by atoms with Gasteiger partial charge in [0.2, 0.25) is 10.0 Å². The van der Waals surface area contributed by atoms with Crippen molar-refractivity contribution in [3.8, 4) is 0 Å². The van der Waals surface area contributed by atoms with E-state index in [1.54, 1.807) is 15.1 Å². The smallest absolute Gasteiger partial charge is 0.244 e. The molecule has 1 fully saturated rings. The van der Waals surface area contributed by atoms with Crippen LogP contribution < -0.4 is 0 Å². The van der Waals surface area contributed by atoms with Gasteiger partial charge in [0.05, 0.1) is 29.8 Å². The Morgan fingerprint density at radius 3 is 2.54 bits per heavy atom. The van der Waals surface area contributed by atoms with Crippen molar-refractivity contribution in [3.63, 3.8) is 0 Å². The van der Waals surface area contributed by atoms with Crippen molar-refractivity contribution < 1.29 is 13.2 Å². The molecular weight excluding hydrogens is 346 g/mol. The molecule has 1 atom stereocenters. The molecular formula is C16H23N3O3S2. The molecule has 0 amide bonds. The minimum atomic E-state index is -3.57. The lowest BCUT2D eigenvalue weighted by Gasteiger charge is -2.35. The van der Waals surface area contributed by atoms with E-state index in [0.717, 1.165) is 26.7 Å². The lowest BCUT2D eigenvalue weighted by molar-refractivity contribution is 0.0316. The molecule has 6 nitrogen and oxygen atoms in total.